The summed E-state index contributed by atoms with van der Waals surface area (Å²) < 4.78 is 23.4. The summed E-state index contributed by atoms with van der Waals surface area (Å²) >= 11 is 0. The largest absolute Gasteiger partial charge is 0.493 e. The molecule has 0 saturated heterocycles. The van der Waals surface area contributed by atoms with Gasteiger partial charge in [0.1, 0.15) is 5.82 Å². The molecule has 2 amide bonds. The van der Waals surface area contributed by atoms with Crippen LogP contribution < -0.4 is 20.2 Å². The second-order valence-electron chi connectivity index (χ2n) is 5.59. The molecule has 2 N–H and O–H groups in total. The topological polar surface area (TPSA) is 89.0 Å². The molecule has 0 fully saturated rings. The average Bonchev–Trinajstić information content (AvgIpc) is 2.65. The van der Waals surface area contributed by atoms with E-state index in [0.29, 0.717) is 28.5 Å². The number of rotatable bonds is 7. The van der Waals surface area contributed by atoms with Gasteiger partial charge >= 0.3 is 0 Å². The quantitative estimate of drug-likeness (QED) is 0.577. The summed E-state index contributed by atoms with van der Waals surface area (Å²) in [5, 5.41) is 6.47. The molecule has 142 valence electrons. The van der Waals surface area contributed by atoms with Gasteiger partial charge < -0.3 is 14.8 Å². The van der Waals surface area contributed by atoms with E-state index in [1.54, 1.807) is 25.1 Å². The fraction of sp³-hybridized carbons (Fsp3) is 0.211. The molecular weight excluding hydrogens is 353 g/mol. The highest BCUT2D eigenvalue weighted by Crippen LogP contribution is 2.27. The highest BCUT2D eigenvalue weighted by atomic mass is 19.1. The molecule has 0 radical (unpaired) electrons. The number of nitrogens with zero attached hydrogens (tertiary/aromatic N) is 1. The second kappa shape index (κ2) is 9.33. The Kier molecular flexibility index (Phi) is 6.87. The molecule has 0 unspecified atom stereocenters. The highest BCUT2D eigenvalue weighted by molar-refractivity contribution is 6.06. The number of hydrogen-bond donors (Lipinski definition) is 2. The van der Waals surface area contributed by atoms with Crippen LogP contribution in [0.15, 0.2) is 47.6 Å². The monoisotopic (exact) mass is 373 g/mol. The summed E-state index contributed by atoms with van der Waals surface area (Å²) in [6, 6.07) is 10.3. The summed E-state index contributed by atoms with van der Waals surface area (Å²) in [6.45, 7) is 1.60. The van der Waals surface area contributed by atoms with E-state index in [9.17, 15) is 14.0 Å². The fourth-order valence-corrected chi connectivity index (χ4v) is 2.23. The molecule has 0 spiro atoms. The molecule has 2 aromatic rings. The van der Waals surface area contributed by atoms with Crippen molar-refractivity contribution in [1.82, 2.24) is 5.43 Å². The Morgan fingerprint density at radius 3 is 2.48 bits per heavy atom. The number of anilines is 1. The summed E-state index contributed by atoms with van der Waals surface area (Å²) in [6.07, 6.45) is -0.0529. The lowest BCUT2D eigenvalue weighted by Crippen LogP contribution is -2.21. The van der Waals surface area contributed by atoms with Crippen molar-refractivity contribution in [3.8, 4) is 11.5 Å². The highest BCUT2D eigenvalue weighted by Gasteiger charge is 2.11. The third-order valence-electron chi connectivity index (χ3n) is 3.52. The normalized spacial score (nSPS) is 10.9. The smallest absolute Gasteiger partial charge is 0.271 e. The van der Waals surface area contributed by atoms with Crippen molar-refractivity contribution in [2.75, 3.05) is 19.5 Å². The van der Waals surface area contributed by atoms with Gasteiger partial charge in [-0.1, -0.05) is 6.07 Å². The second-order valence-corrected chi connectivity index (χ2v) is 5.59. The summed E-state index contributed by atoms with van der Waals surface area (Å²) in [7, 11) is 2.97. The van der Waals surface area contributed by atoms with Gasteiger partial charge in [-0.2, -0.15) is 5.10 Å². The van der Waals surface area contributed by atoms with Crippen LogP contribution in [0.1, 0.15) is 23.7 Å². The number of benzene rings is 2. The van der Waals surface area contributed by atoms with Crippen molar-refractivity contribution < 1.29 is 23.5 Å². The molecule has 0 heterocycles. The number of carbonyl (C=O) groups excluding carboxylic acids is 2. The number of halogens is 1. The van der Waals surface area contributed by atoms with E-state index >= 15 is 0 Å². The predicted molar refractivity (Wildman–Crippen MR) is 99.8 cm³/mol. The molecule has 7 nitrogen and oxygen atoms in total. The maximum absolute atomic E-state index is 13.1. The summed E-state index contributed by atoms with van der Waals surface area (Å²) in [4.78, 5) is 24.1. The van der Waals surface area contributed by atoms with Crippen molar-refractivity contribution >= 4 is 23.2 Å². The molecule has 0 aliphatic heterocycles. The standard InChI is InChI=1S/C19H20FN3O4/c1-12(9-18(24)21-15-6-4-5-14(20)11-15)22-23-19(25)13-7-8-16(26-2)17(10-13)27-3/h4-8,10-11H,9H2,1-3H3,(H,21,24)(H,23,25)/b22-12-. The SMILES string of the molecule is COc1ccc(C(=O)N/N=C(/C)CC(=O)Nc2cccc(F)c2)cc1OC. The van der Waals surface area contributed by atoms with E-state index in [1.807, 2.05) is 0 Å². The maximum atomic E-state index is 13.1. The first kappa shape index (κ1) is 19.9. The van der Waals surface area contributed by atoms with E-state index in [0.717, 1.165) is 0 Å². The minimum Gasteiger partial charge on any atom is -0.493 e. The number of nitrogens with one attached hydrogen (secondary N) is 2. The summed E-state index contributed by atoms with van der Waals surface area (Å²) in [5.74, 6) is -0.355. The Labute approximate surface area is 156 Å². The van der Waals surface area contributed by atoms with Crippen molar-refractivity contribution in [2.24, 2.45) is 5.10 Å². The van der Waals surface area contributed by atoms with Gasteiger partial charge in [0, 0.05) is 17.0 Å². The lowest BCUT2D eigenvalue weighted by atomic mass is 10.2. The van der Waals surface area contributed by atoms with Crippen LogP contribution >= 0.6 is 0 Å². The minimum absolute atomic E-state index is 0.0529. The van der Waals surface area contributed by atoms with Crippen molar-refractivity contribution in [1.29, 1.82) is 0 Å². The molecule has 2 aromatic carbocycles. The predicted octanol–water partition coefficient (Wildman–Crippen LogP) is 2.98. The van der Waals surface area contributed by atoms with Gasteiger partial charge in [0.15, 0.2) is 11.5 Å². The Morgan fingerprint density at radius 2 is 1.81 bits per heavy atom. The van der Waals surface area contributed by atoms with Crippen molar-refractivity contribution in [3.05, 3.63) is 53.8 Å². The first-order valence-electron chi connectivity index (χ1n) is 8.04. The lowest BCUT2D eigenvalue weighted by molar-refractivity contribution is -0.115. The number of hydrogen-bond acceptors (Lipinski definition) is 5. The first-order chi connectivity index (χ1) is 12.9. The Hall–Kier alpha value is -3.42. The van der Waals surface area contributed by atoms with Crippen LogP contribution in [0, 0.1) is 5.82 Å². The third-order valence-corrected chi connectivity index (χ3v) is 3.52. The minimum atomic E-state index is -0.458. The number of methoxy groups -OCH3 is 2. The molecular formula is C19H20FN3O4. The van der Waals surface area contributed by atoms with E-state index in [1.165, 1.54) is 38.5 Å². The van der Waals surface area contributed by atoms with Crippen molar-refractivity contribution in [3.63, 3.8) is 0 Å². The van der Waals surface area contributed by atoms with Gasteiger partial charge in [0.2, 0.25) is 5.91 Å². The molecule has 0 saturated carbocycles. The van der Waals surface area contributed by atoms with E-state index in [2.05, 4.69) is 15.8 Å². The fourth-order valence-electron chi connectivity index (χ4n) is 2.23. The van der Waals surface area contributed by atoms with E-state index in [4.69, 9.17) is 9.47 Å². The van der Waals surface area contributed by atoms with Crippen LogP contribution in [0.3, 0.4) is 0 Å². The van der Waals surface area contributed by atoms with Gasteiger partial charge in [-0.25, -0.2) is 9.82 Å². The molecule has 0 bridgehead atoms. The Morgan fingerprint density at radius 1 is 1.07 bits per heavy atom. The zero-order valence-electron chi connectivity index (χ0n) is 15.2. The van der Waals surface area contributed by atoms with Crippen LogP contribution in [-0.4, -0.2) is 31.7 Å². The lowest BCUT2D eigenvalue weighted by Gasteiger charge is -2.09. The number of ether oxygens (including phenoxy) is 2. The molecule has 8 heteroatoms. The van der Waals surface area contributed by atoms with E-state index in [-0.39, 0.29) is 12.3 Å². The number of hydrazone groups is 1. The molecule has 0 aliphatic carbocycles. The van der Waals surface area contributed by atoms with Crippen LogP contribution in [0.5, 0.6) is 11.5 Å². The van der Waals surface area contributed by atoms with Crippen LogP contribution in [0.2, 0.25) is 0 Å². The van der Waals surface area contributed by atoms with Crippen molar-refractivity contribution in [2.45, 2.75) is 13.3 Å². The number of carbonyl (C=O) groups is 2. The molecule has 0 atom stereocenters. The average molecular weight is 373 g/mol. The molecule has 2 rings (SSSR count). The van der Waals surface area contributed by atoms with Crippen LogP contribution in [0.25, 0.3) is 0 Å². The van der Waals surface area contributed by atoms with Crippen LogP contribution in [-0.2, 0) is 4.79 Å². The molecule has 0 aromatic heterocycles. The van der Waals surface area contributed by atoms with Crippen LogP contribution in [0.4, 0.5) is 10.1 Å². The maximum Gasteiger partial charge on any atom is 0.271 e. The Balaban J connectivity index is 1.94. The summed E-state index contributed by atoms with van der Waals surface area (Å²) in [5.41, 5.74) is 3.44. The molecule has 0 aliphatic rings. The van der Waals surface area contributed by atoms with E-state index < -0.39 is 11.7 Å². The zero-order chi connectivity index (χ0) is 19.8. The Bertz CT molecular complexity index is 868. The van der Waals surface area contributed by atoms with Gasteiger partial charge in [-0.05, 0) is 43.3 Å². The molecule has 27 heavy (non-hydrogen) atoms. The van der Waals surface area contributed by atoms with Gasteiger partial charge in [-0.3, -0.25) is 9.59 Å². The first-order valence-corrected chi connectivity index (χ1v) is 8.04. The van der Waals surface area contributed by atoms with Gasteiger partial charge in [-0.15, -0.1) is 0 Å². The zero-order valence-corrected chi connectivity index (χ0v) is 15.2. The van der Waals surface area contributed by atoms with Gasteiger partial charge in [0.25, 0.3) is 5.91 Å². The van der Waals surface area contributed by atoms with Gasteiger partial charge in [0.05, 0.1) is 20.6 Å². The third kappa shape index (κ3) is 5.81. The number of amides is 2.